The maximum atomic E-state index is 13.0. The van der Waals surface area contributed by atoms with E-state index < -0.39 is 5.25 Å². The van der Waals surface area contributed by atoms with Gasteiger partial charge >= 0.3 is 0 Å². The lowest BCUT2D eigenvalue weighted by atomic mass is 10.1. The molecule has 1 N–H and O–H groups in total. The van der Waals surface area contributed by atoms with Crippen molar-refractivity contribution in [2.24, 2.45) is 4.99 Å². The largest absolute Gasteiger partial charge is 0.325 e. The lowest BCUT2D eigenvalue weighted by Crippen LogP contribution is -2.35. The first-order valence-electron chi connectivity index (χ1n) is 9.62. The van der Waals surface area contributed by atoms with E-state index in [0.717, 1.165) is 28.6 Å². The number of aryl methyl sites for hydroxylation is 2. The number of benzene rings is 2. The van der Waals surface area contributed by atoms with Crippen LogP contribution in [-0.4, -0.2) is 33.2 Å². The van der Waals surface area contributed by atoms with Crippen LogP contribution in [0.4, 0.5) is 11.4 Å². The number of hydrogen-bond acceptors (Lipinski definition) is 4. The minimum absolute atomic E-state index is 0.0108. The third-order valence-electron chi connectivity index (χ3n) is 4.97. The van der Waals surface area contributed by atoms with E-state index in [9.17, 15) is 9.59 Å². The predicted octanol–water partition coefficient (Wildman–Crippen LogP) is 5.19. The molecule has 0 spiro atoms. The molecule has 2 fully saturated rings. The highest BCUT2D eigenvalue weighted by Crippen LogP contribution is 2.40. The Hall–Kier alpha value is -2.12. The number of halogens is 1. The molecule has 1 saturated heterocycles. The van der Waals surface area contributed by atoms with E-state index in [1.807, 2.05) is 50.2 Å². The molecular formula is C22H22BrN3O2S. The number of amidine groups is 1. The minimum atomic E-state index is -0.442. The van der Waals surface area contributed by atoms with Gasteiger partial charge in [-0.05, 0) is 66.4 Å². The molecule has 1 unspecified atom stereocenters. The summed E-state index contributed by atoms with van der Waals surface area (Å²) in [7, 11) is 0. The third-order valence-corrected chi connectivity index (χ3v) is 6.81. The van der Waals surface area contributed by atoms with Crippen LogP contribution >= 0.6 is 27.7 Å². The van der Waals surface area contributed by atoms with Crippen LogP contribution in [-0.2, 0) is 9.59 Å². The molecule has 5 nitrogen and oxygen atoms in total. The molecule has 1 atom stereocenters. The molecule has 1 heterocycles. The average Bonchev–Trinajstić information content (AvgIpc) is 3.45. The Morgan fingerprint density at radius 1 is 1.24 bits per heavy atom. The van der Waals surface area contributed by atoms with Crippen LogP contribution in [0, 0.1) is 13.8 Å². The number of carbonyl (C=O) groups is 2. The number of carbonyl (C=O) groups excluding carboxylic acids is 2. The van der Waals surface area contributed by atoms with Gasteiger partial charge in [-0.25, -0.2) is 4.99 Å². The Morgan fingerprint density at radius 3 is 2.69 bits per heavy atom. The van der Waals surface area contributed by atoms with Crippen LogP contribution in [0.3, 0.4) is 0 Å². The van der Waals surface area contributed by atoms with E-state index in [1.165, 1.54) is 17.3 Å². The molecule has 2 aromatic rings. The summed E-state index contributed by atoms with van der Waals surface area (Å²) in [5.74, 6) is -0.186. The van der Waals surface area contributed by atoms with Crippen molar-refractivity contribution in [2.75, 3.05) is 5.32 Å². The molecular weight excluding hydrogens is 450 g/mol. The van der Waals surface area contributed by atoms with E-state index >= 15 is 0 Å². The SMILES string of the molecule is Cc1ccc(N=C2SC(CC(=O)Nc3ccccc3Br)C(=O)N2C2CC2)c(C)c1. The highest BCUT2D eigenvalue weighted by atomic mass is 79.9. The van der Waals surface area contributed by atoms with Crippen LogP contribution < -0.4 is 5.32 Å². The number of nitrogens with one attached hydrogen (secondary N) is 1. The lowest BCUT2D eigenvalue weighted by molar-refractivity contribution is -0.128. The van der Waals surface area contributed by atoms with E-state index in [2.05, 4.69) is 27.3 Å². The number of anilines is 1. The van der Waals surface area contributed by atoms with Gasteiger partial charge in [0.15, 0.2) is 5.17 Å². The summed E-state index contributed by atoms with van der Waals surface area (Å²) < 4.78 is 0.815. The number of nitrogens with zero attached hydrogens (tertiary/aromatic N) is 2. The molecule has 0 radical (unpaired) electrons. The van der Waals surface area contributed by atoms with Gasteiger partial charge in [-0.1, -0.05) is 41.6 Å². The zero-order chi connectivity index (χ0) is 20.5. The van der Waals surface area contributed by atoms with Crippen LogP contribution in [0.1, 0.15) is 30.4 Å². The fourth-order valence-corrected chi connectivity index (χ4v) is 4.92. The number of thioether (sulfide) groups is 1. The lowest BCUT2D eigenvalue weighted by Gasteiger charge is -2.15. The third kappa shape index (κ3) is 4.56. The Labute approximate surface area is 183 Å². The molecule has 1 aliphatic heterocycles. The van der Waals surface area contributed by atoms with Crippen molar-refractivity contribution >= 4 is 56.0 Å². The molecule has 1 saturated carbocycles. The molecule has 0 bridgehead atoms. The summed E-state index contributed by atoms with van der Waals surface area (Å²) in [5.41, 5.74) is 3.84. The number of amides is 2. The first kappa shape index (κ1) is 20.2. The highest BCUT2D eigenvalue weighted by Gasteiger charge is 2.46. The quantitative estimate of drug-likeness (QED) is 0.652. The predicted molar refractivity (Wildman–Crippen MR) is 122 cm³/mol. The maximum absolute atomic E-state index is 13.0. The van der Waals surface area contributed by atoms with E-state index in [0.29, 0.717) is 10.9 Å². The molecule has 2 aliphatic rings. The standard InChI is InChI=1S/C22H22BrN3O2S/c1-13-7-10-17(14(2)11-13)25-22-26(15-8-9-15)21(28)19(29-22)12-20(27)24-18-6-4-3-5-16(18)23/h3-7,10-11,15,19H,8-9,12H2,1-2H3,(H,24,27). The van der Waals surface area contributed by atoms with Crippen LogP contribution in [0.5, 0.6) is 0 Å². The van der Waals surface area contributed by atoms with Crippen LogP contribution in [0.25, 0.3) is 0 Å². The smallest absolute Gasteiger partial charge is 0.242 e. The molecule has 1 aliphatic carbocycles. The fraction of sp³-hybridized carbons (Fsp3) is 0.318. The monoisotopic (exact) mass is 471 g/mol. The van der Waals surface area contributed by atoms with Crippen LogP contribution in [0.15, 0.2) is 51.9 Å². The van der Waals surface area contributed by atoms with Crippen molar-refractivity contribution in [3.63, 3.8) is 0 Å². The molecule has 2 aromatic carbocycles. The van der Waals surface area contributed by atoms with Crippen molar-refractivity contribution in [3.05, 3.63) is 58.1 Å². The van der Waals surface area contributed by atoms with Gasteiger partial charge in [0.25, 0.3) is 0 Å². The number of hydrogen-bond donors (Lipinski definition) is 1. The van der Waals surface area contributed by atoms with Gasteiger partial charge in [0.2, 0.25) is 11.8 Å². The average molecular weight is 472 g/mol. The topological polar surface area (TPSA) is 61.8 Å². The maximum Gasteiger partial charge on any atom is 0.242 e. The second-order valence-electron chi connectivity index (χ2n) is 7.46. The zero-order valence-corrected chi connectivity index (χ0v) is 18.7. The van der Waals surface area contributed by atoms with Gasteiger partial charge in [-0.3, -0.25) is 14.5 Å². The molecule has 150 valence electrons. The summed E-state index contributed by atoms with van der Waals surface area (Å²) >= 11 is 4.83. The Balaban J connectivity index is 1.52. The van der Waals surface area contributed by atoms with Gasteiger partial charge in [0, 0.05) is 16.9 Å². The fourth-order valence-electron chi connectivity index (χ4n) is 3.33. The summed E-state index contributed by atoms with van der Waals surface area (Å²) in [4.78, 5) is 32.2. The van der Waals surface area contributed by atoms with Gasteiger partial charge in [-0.2, -0.15) is 0 Å². The summed E-state index contributed by atoms with van der Waals surface area (Å²) in [6.07, 6.45) is 2.11. The summed E-state index contributed by atoms with van der Waals surface area (Å²) in [6, 6.07) is 13.8. The van der Waals surface area contributed by atoms with Gasteiger partial charge in [0.1, 0.15) is 5.25 Å². The second-order valence-corrected chi connectivity index (χ2v) is 9.49. The van der Waals surface area contributed by atoms with E-state index in [4.69, 9.17) is 4.99 Å². The number of rotatable bonds is 5. The summed E-state index contributed by atoms with van der Waals surface area (Å²) in [6.45, 7) is 4.08. The molecule has 4 rings (SSSR count). The minimum Gasteiger partial charge on any atom is -0.325 e. The first-order valence-corrected chi connectivity index (χ1v) is 11.3. The Bertz CT molecular complexity index is 1000. The Morgan fingerprint density at radius 2 is 2.00 bits per heavy atom. The van der Waals surface area contributed by atoms with Gasteiger partial charge in [0.05, 0.1) is 11.4 Å². The van der Waals surface area contributed by atoms with Crippen molar-refractivity contribution in [3.8, 4) is 0 Å². The molecule has 2 amide bonds. The normalized spacial score (nSPS) is 20.4. The van der Waals surface area contributed by atoms with Crippen molar-refractivity contribution in [1.82, 2.24) is 4.90 Å². The van der Waals surface area contributed by atoms with Crippen molar-refractivity contribution in [1.29, 1.82) is 0 Å². The highest BCUT2D eigenvalue weighted by molar-refractivity contribution is 9.10. The van der Waals surface area contributed by atoms with Gasteiger partial charge in [-0.15, -0.1) is 0 Å². The van der Waals surface area contributed by atoms with E-state index in [1.54, 1.807) is 4.90 Å². The van der Waals surface area contributed by atoms with Crippen molar-refractivity contribution < 1.29 is 9.59 Å². The molecule has 7 heteroatoms. The van der Waals surface area contributed by atoms with Crippen LogP contribution in [0.2, 0.25) is 0 Å². The van der Waals surface area contributed by atoms with Crippen molar-refractivity contribution in [2.45, 2.75) is 44.4 Å². The Kier molecular flexibility index (Phi) is 5.79. The molecule has 29 heavy (non-hydrogen) atoms. The number of aliphatic imine (C=N–C) groups is 1. The summed E-state index contributed by atoms with van der Waals surface area (Å²) in [5, 5.41) is 3.16. The van der Waals surface area contributed by atoms with Gasteiger partial charge < -0.3 is 5.32 Å². The first-order chi connectivity index (χ1) is 13.9. The molecule has 0 aromatic heterocycles. The second kappa shape index (κ2) is 8.32. The number of para-hydroxylation sites is 1. The zero-order valence-electron chi connectivity index (χ0n) is 16.3. The van der Waals surface area contributed by atoms with E-state index in [-0.39, 0.29) is 24.3 Å².